The van der Waals surface area contributed by atoms with E-state index in [0.29, 0.717) is 17.5 Å². The fourth-order valence-electron chi connectivity index (χ4n) is 8.50. The van der Waals surface area contributed by atoms with E-state index in [2.05, 4.69) is 117 Å². The van der Waals surface area contributed by atoms with E-state index < -0.39 is 0 Å². The van der Waals surface area contributed by atoms with Gasteiger partial charge in [0.05, 0.1) is 32.3 Å². The molecule has 0 fully saturated rings. The number of aromatic nitrogens is 7. The molecule has 12 rings (SSSR count). The Hall–Kier alpha value is -7.55. The van der Waals surface area contributed by atoms with Crippen molar-refractivity contribution in [3.05, 3.63) is 176 Å². The minimum atomic E-state index is 0.607. The Labute approximate surface area is 329 Å². The standard InChI is InChI=1S/C49H29N7S/c1-4-15-30(16-5-1)47-52-48(31-17-6-2-7-18-31)54-49(53-47)32-19-14-22-34(27-32)56-37-25-12-10-23-35(37)40-44-41(46-42(45(40)56)43-39(57-46)28-50-29-51-43)36-24-11-13-26-38(36)55(44)33-20-8-3-9-21-33/h1-29H. The van der Waals surface area contributed by atoms with Gasteiger partial charge in [0.25, 0.3) is 0 Å². The summed E-state index contributed by atoms with van der Waals surface area (Å²) in [7, 11) is 0. The Morgan fingerprint density at radius 3 is 1.61 bits per heavy atom. The van der Waals surface area contributed by atoms with E-state index in [1.54, 1.807) is 17.7 Å². The van der Waals surface area contributed by atoms with Gasteiger partial charge in [0, 0.05) is 65.9 Å². The number of nitrogens with zero attached hydrogens (tertiary/aromatic N) is 7. The third-order valence-corrected chi connectivity index (χ3v) is 12.0. The Morgan fingerprint density at radius 1 is 0.439 bits per heavy atom. The number of thiophene rings is 1. The molecule has 57 heavy (non-hydrogen) atoms. The van der Waals surface area contributed by atoms with Gasteiger partial charge >= 0.3 is 0 Å². The zero-order chi connectivity index (χ0) is 37.5. The van der Waals surface area contributed by atoms with Crippen molar-refractivity contribution in [2.75, 3.05) is 0 Å². The normalized spacial score (nSPS) is 11.9. The average Bonchev–Trinajstić information content (AvgIpc) is 3.95. The van der Waals surface area contributed by atoms with Gasteiger partial charge in [-0.25, -0.2) is 24.9 Å². The number of benzene rings is 7. The molecule has 7 nitrogen and oxygen atoms in total. The highest BCUT2D eigenvalue weighted by atomic mass is 32.1. The van der Waals surface area contributed by atoms with Gasteiger partial charge in [-0.2, -0.15) is 0 Å². The molecule has 0 amide bonds. The molecule has 0 spiro atoms. The van der Waals surface area contributed by atoms with Crippen LogP contribution >= 0.6 is 11.3 Å². The predicted molar refractivity (Wildman–Crippen MR) is 233 cm³/mol. The smallest absolute Gasteiger partial charge is 0.164 e. The summed E-state index contributed by atoms with van der Waals surface area (Å²) in [4.78, 5) is 24.6. The van der Waals surface area contributed by atoms with E-state index >= 15 is 0 Å². The van der Waals surface area contributed by atoms with Crippen LogP contribution in [0.5, 0.6) is 0 Å². The second kappa shape index (κ2) is 12.5. The molecule has 0 saturated heterocycles. The van der Waals surface area contributed by atoms with Crippen molar-refractivity contribution in [1.29, 1.82) is 0 Å². The number of para-hydroxylation sites is 3. The number of rotatable bonds is 5. The monoisotopic (exact) mass is 747 g/mol. The minimum absolute atomic E-state index is 0.607. The van der Waals surface area contributed by atoms with Crippen LogP contribution in [0.1, 0.15) is 0 Å². The summed E-state index contributed by atoms with van der Waals surface area (Å²) in [5.74, 6) is 1.86. The predicted octanol–water partition coefficient (Wildman–Crippen LogP) is 12.2. The summed E-state index contributed by atoms with van der Waals surface area (Å²) in [6.07, 6.45) is 3.62. The largest absolute Gasteiger partial charge is 0.308 e. The van der Waals surface area contributed by atoms with E-state index in [0.717, 1.165) is 65.6 Å². The summed E-state index contributed by atoms with van der Waals surface area (Å²) >= 11 is 1.76. The lowest BCUT2D eigenvalue weighted by Crippen LogP contribution is -2.01. The lowest BCUT2D eigenvalue weighted by molar-refractivity contribution is 1.07. The molecule has 0 atom stereocenters. The average molecular weight is 748 g/mol. The van der Waals surface area contributed by atoms with Gasteiger partial charge < -0.3 is 9.13 Å². The maximum Gasteiger partial charge on any atom is 0.164 e. The molecule has 0 aliphatic heterocycles. The van der Waals surface area contributed by atoms with Crippen molar-refractivity contribution >= 4 is 75.3 Å². The highest BCUT2D eigenvalue weighted by Crippen LogP contribution is 2.50. The molecule has 266 valence electrons. The van der Waals surface area contributed by atoms with Crippen LogP contribution in [-0.2, 0) is 0 Å². The van der Waals surface area contributed by atoms with E-state index in [1.807, 2.05) is 66.9 Å². The fourth-order valence-corrected chi connectivity index (χ4v) is 9.69. The summed E-state index contributed by atoms with van der Waals surface area (Å²) in [5, 5.41) is 5.89. The first-order valence-corrected chi connectivity index (χ1v) is 19.7. The van der Waals surface area contributed by atoms with Crippen molar-refractivity contribution in [3.63, 3.8) is 0 Å². The molecule has 0 N–H and O–H groups in total. The Kier molecular flexibility index (Phi) is 6.96. The molecule has 0 saturated carbocycles. The van der Waals surface area contributed by atoms with Crippen LogP contribution in [0.3, 0.4) is 0 Å². The van der Waals surface area contributed by atoms with Crippen LogP contribution in [0.4, 0.5) is 0 Å². The van der Waals surface area contributed by atoms with Crippen LogP contribution in [0, 0.1) is 0 Å². The van der Waals surface area contributed by atoms with Gasteiger partial charge in [-0.05, 0) is 36.4 Å². The first-order valence-electron chi connectivity index (χ1n) is 18.8. The molecular weight excluding hydrogens is 719 g/mol. The molecule has 0 aliphatic rings. The van der Waals surface area contributed by atoms with Gasteiger partial charge in [-0.3, -0.25) is 0 Å². The zero-order valence-electron chi connectivity index (χ0n) is 30.3. The SMILES string of the molecule is c1ccc(-c2nc(-c3ccccc3)nc(-c3cccc(-n4c5ccccc5c5c6c(c7ccccc7n6-c6ccccc6)c6sc7cncnc7c6c54)c3)n2)cc1. The third kappa shape index (κ3) is 4.81. The van der Waals surface area contributed by atoms with Crippen molar-refractivity contribution < 1.29 is 0 Å². The van der Waals surface area contributed by atoms with Gasteiger partial charge in [-0.15, -0.1) is 11.3 Å². The fraction of sp³-hybridized carbons (Fsp3) is 0. The lowest BCUT2D eigenvalue weighted by Gasteiger charge is -2.13. The molecule has 5 heterocycles. The molecule has 0 radical (unpaired) electrons. The minimum Gasteiger partial charge on any atom is -0.308 e. The van der Waals surface area contributed by atoms with Crippen molar-refractivity contribution in [2.24, 2.45) is 0 Å². The van der Waals surface area contributed by atoms with E-state index in [-0.39, 0.29) is 0 Å². The first-order chi connectivity index (χ1) is 28.3. The van der Waals surface area contributed by atoms with Crippen LogP contribution in [0.2, 0.25) is 0 Å². The van der Waals surface area contributed by atoms with E-state index in [1.165, 1.54) is 26.4 Å². The summed E-state index contributed by atoms with van der Waals surface area (Å²) < 4.78 is 7.10. The van der Waals surface area contributed by atoms with Crippen molar-refractivity contribution in [3.8, 4) is 45.5 Å². The maximum absolute atomic E-state index is 5.09. The van der Waals surface area contributed by atoms with E-state index in [4.69, 9.17) is 19.9 Å². The third-order valence-electron chi connectivity index (χ3n) is 10.9. The molecule has 5 aromatic heterocycles. The van der Waals surface area contributed by atoms with Crippen LogP contribution in [-0.4, -0.2) is 34.1 Å². The highest BCUT2D eigenvalue weighted by molar-refractivity contribution is 7.27. The van der Waals surface area contributed by atoms with Crippen molar-refractivity contribution in [2.45, 2.75) is 0 Å². The highest BCUT2D eigenvalue weighted by Gasteiger charge is 2.27. The second-order valence-corrected chi connectivity index (χ2v) is 15.2. The molecule has 8 heteroatoms. The van der Waals surface area contributed by atoms with Crippen LogP contribution < -0.4 is 0 Å². The van der Waals surface area contributed by atoms with Gasteiger partial charge in [-0.1, -0.05) is 127 Å². The Bertz CT molecular complexity index is 3460. The van der Waals surface area contributed by atoms with Crippen molar-refractivity contribution in [1.82, 2.24) is 34.1 Å². The molecular formula is C49H29N7S. The number of hydrogen-bond donors (Lipinski definition) is 0. The lowest BCUT2D eigenvalue weighted by atomic mass is 10.0. The van der Waals surface area contributed by atoms with Gasteiger partial charge in [0.1, 0.15) is 6.33 Å². The maximum atomic E-state index is 5.09. The van der Waals surface area contributed by atoms with Crippen LogP contribution in [0.25, 0.3) is 109 Å². The quantitative estimate of drug-likeness (QED) is 0.175. The Balaban J connectivity index is 1.22. The van der Waals surface area contributed by atoms with Gasteiger partial charge in [0.15, 0.2) is 17.5 Å². The first kappa shape index (κ1) is 31.8. The molecule has 0 bridgehead atoms. The summed E-state index contributed by atoms with van der Waals surface area (Å²) in [6.45, 7) is 0. The second-order valence-electron chi connectivity index (χ2n) is 14.1. The summed E-state index contributed by atoms with van der Waals surface area (Å²) in [6, 6.07) is 57.0. The van der Waals surface area contributed by atoms with E-state index in [9.17, 15) is 0 Å². The topological polar surface area (TPSA) is 74.3 Å². The number of fused-ring (bicyclic) bond motifs is 12. The number of hydrogen-bond acceptors (Lipinski definition) is 6. The Morgan fingerprint density at radius 2 is 0.947 bits per heavy atom. The molecule has 0 unspecified atom stereocenters. The molecule has 12 aromatic rings. The molecule has 0 aliphatic carbocycles. The molecule has 7 aromatic carbocycles. The summed E-state index contributed by atoms with van der Waals surface area (Å²) in [5.41, 5.74) is 10.4. The van der Waals surface area contributed by atoms with Gasteiger partial charge in [0.2, 0.25) is 0 Å². The van der Waals surface area contributed by atoms with Crippen LogP contribution in [0.15, 0.2) is 176 Å². The zero-order valence-corrected chi connectivity index (χ0v) is 31.1.